The Morgan fingerprint density at radius 3 is 2.61 bits per heavy atom. The Kier molecular flexibility index (Phi) is 4.83. The van der Waals surface area contributed by atoms with E-state index in [2.05, 4.69) is 10.3 Å². The van der Waals surface area contributed by atoms with Crippen LogP contribution in [0.25, 0.3) is 17.2 Å². The number of carbonyl (C=O) groups excluding carboxylic acids is 2. The number of oxazole rings is 1. The number of benzene rings is 1. The molecule has 6 heteroatoms. The Morgan fingerprint density at radius 2 is 2.00 bits per heavy atom. The van der Waals surface area contributed by atoms with Gasteiger partial charge in [-0.05, 0) is 17.5 Å². The largest absolute Gasteiger partial charge is 0.467 e. The van der Waals surface area contributed by atoms with Crippen LogP contribution in [0, 0.1) is 5.41 Å². The molecule has 0 fully saturated rings. The van der Waals surface area contributed by atoms with E-state index in [1.165, 1.54) is 19.3 Å². The van der Waals surface area contributed by atoms with Gasteiger partial charge in [-0.2, -0.15) is 0 Å². The standard InChI is InChI=1S/C17H20N2O4/c1-17(2,3)15(16(21)22-4)19-13(20)9-10-14-18-11-7-5-6-8-12(11)23-14/h5-10,15H,1-4H3,(H,19,20)/b10-9+/t15-/m0/s1. The van der Waals surface area contributed by atoms with Crippen LogP contribution < -0.4 is 5.32 Å². The minimum Gasteiger partial charge on any atom is -0.467 e. The average molecular weight is 316 g/mol. The minimum atomic E-state index is -0.742. The number of carbonyl (C=O) groups is 2. The van der Waals surface area contributed by atoms with Crippen LogP contribution in [-0.2, 0) is 14.3 Å². The minimum absolute atomic E-state index is 0.326. The SMILES string of the molecule is COC(=O)[C@H](NC(=O)/C=C/c1nc2ccccc2o1)C(C)(C)C. The molecule has 0 bridgehead atoms. The fraction of sp³-hybridized carbons (Fsp3) is 0.353. The number of esters is 1. The normalized spacial score (nSPS) is 13.2. The number of nitrogens with zero attached hydrogens (tertiary/aromatic N) is 1. The van der Waals surface area contributed by atoms with Crippen molar-refractivity contribution in [1.29, 1.82) is 0 Å². The van der Waals surface area contributed by atoms with E-state index in [9.17, 15) is 9.59 Å². The first-order chi connectivity index (χ1) is 10.8. The number of rotatable bonds is 4. The number of ether oxygens (including phenoxy) is 1. The molecule has 1 aromatic heterocycles. The number of fused-ring (bicyclic) bond motifs is 1. The second-order valence-corrected chi connectivity index (χ2v) is 6.18. The second-order valence-electron chi connectivity index (χ2n) is 6.18. The lowest BCUT2D eigenvalue weighted by molar-refractivity contribution is -0.147. The highest BCUT2D eigenvalue weighted by molar-refractivity contribution is 5.94. The van der Waals surface area contributed by atoms with Crippen LogP contribution in [0.4, 0.5) is 0 Å². The number of hydrogen-bond donors (Lipinski definition) is 1. The predicted octanol–water partition coefficient (Wildman–Crippen LogP) is 2.54. The third kappa shape index (κ3) is 4.18. The molecule has 1 amide bonds. The Labute approximate surface area is 134 Å². The first-order valence-electron chi connectivity index (χ1n) is 7.23. The van der Waals surface area contributed by atoms with Crippen molar-refractivity contribution >= 4 is 29.1 Å². The van der Waals surface area contributed by atoms with E-state index >= 15 is 0 Å². The lowest BCUT2D eigenvalue weighted by atomic mass is 9.86. The summed E-state index contributed by atoms with van der Waals surface area (Å²) in [7, 11) is 1.29. The first-order valence-corrected chi connectivity index (χ1v) is 7.23. The fourth-order valence-corrected chi connectivity index (χ4v) is 2.05. The van der Waals surface area contributed by atoms with Crippen LogP contribution in [0.15, 0.2) is 34.8 Å². The fourth-order valence-electron chi connectivity index (χ4n) is 2.05. The summed E-state index contributed by atoms with van der Waals surface area (Å²) in [6, 6.07) is 6.58. The van der Waals surface area contributed by atoms with Crippen molar-refractivity contribution in [2.45, 2.75) is 26.8 Å². The zero-order valence-electron chi connectivity index (χ0n) is 13.6. The Hall–Kier alpha value is -2.63. The van der Waals surface area contributed by atoms with Crippen molar-refractivity contribution in [3.63, 3.8) is 0 Å². The summed E-state index contributed by atoms with van der Waals surface area (Å²) in [6.45, 7) is 5.54. The van der Waals surface area contributed by atoms with Crippen molar-refractivity contribution in [1.82, 2.24) is 10.3 Å². The molecule has 122 valence electrons. The van der Waals surface area contributed by atoms with Gasteiger partial charge in [0.25, 0.3) is 0 Å². The van der Waals surface area contributed by atoms with Gasteiger partial charge in [-0.15, -0.1) is 0 Å². The summed E-state index contributed by atoms with van der Waals surface area (Å²) in [5.41, 5.74) is 0.901. The molecule has 0 spiro atoms. The molecule has 0 radical (unpaired) electrons. The zero-order valence-corrected chi connectivity index (χ0v) is 13.6. The number of aromatic nitrogens is 1. The first kappa shape index (κ1) is 16.7. The molecule has 1 aromatic carbocycles. The van der Waals surface area contributed by atoms with Gasteiger partial charge in [-0.1, -0.05) is 32.9 Å². The molecule has 2 rings (SSSR count). The monoisotopic (exact) mass is 316 g/mol. The Balaban J connectivity index is 2.09. The summed E-state index contributed by atoms with van der Waals surface area (Å²) < 4.78 is 10.2. The van der Waals surface area contributed by atoms with Crippen molar-refractivity contribution in [2.75, 3.05) is 7.11 Å². The van der Waals surface area contributed by atoms with Crippen LogP contribution in [-0.4, -0.2) is 30.0 Å². The van der Waals surface area contributed by atoms with Gasteiger partial charge in [-0.25, -0.2) is 9.78 Å². The number of hydrogen-bond acceptors (Lipinski definition) is 5. The smallest absolute Gasteiger partial charge is 0.328 e. The van der Waals surface area contributed by atoms with Crippen molar-refractivity contribution in [3.05, 3.63) is 36.2 Å². The predicted molar refractivity (Wildman–Crippen MR) is 86.4 cm³/mol. The highest BCUT2D eigenvalue weighted by Crippen LogP contribution is 2.20. The Bertz CT molecular complexity index is 707. The van der Waals surface area contributed by atoms with Gasteiger partial charge < -0.3 is 14.5 Å². The number of amides is 1. The molecule has 1 heterocycles. The van der Waals surface area contributed by atoms with Gasteiger partial charge in [0.2, 0.25) is 11.8 Å². The lowest BCUT2D eigenvalue weighted by Gasteiger charge is -2.28. The van der Waals surface area contributed by atoms with E-state index in [4.69, 9.17) is 9.15 Å². The van der Waals surface area contributed by atoms with E-state index in [1.54, 1.807) is 6.07 Å². The van der Waals surface area contributed by atoms with Gasteiger partial charge in [0.05, 0.1) is 7.11 Å². The maximum atomic E-state index is 12.0. The van der Waals surface area contributed by atoms with Gasteiger partial charge in [0.15, 0.2) is 5.58 Å². The highest BCUT2D eigenvalue weighted by Gasteiger charge is 2.33. The van der Waals surface area contributed by atoms with Crippen LogP contribution in [0.2, 0.25) is 0 Å². The maximum absolute atomic E-state index is 12.0. The second kappa shape index (κ2) is 6.64. The number of nitrogens with one attached hydrogen (secondary N) is 1. The van der Waals surface area contributed by atoms with Crippen LogP contribution in [0.1, 0.15) is 26.7 Å². The van der Waals surface area contributed by atoms with E-state index in [0.717, 1.165) is 5.52 Å². The highest BCUT2D eigenvalue weighted by atomic mass is 16.5. The van der Waals surface area contributed by atoms with Crippen LogP contribution in [0.3, 0.4) is 0 Å². The molecular weight excluding hydrogens is 296 g/mol. The van der Waals surface area contributed by atoms with Crippen molar-refractivity contribution in [3.8, 4) is 0 Å². The van der Waals surface area contributed by atoms with E-state index < -0.39 is 23.3 Å². The zero-order chi connectivity index (χ0) is 17.0. The summed E-state index contributed by atoms with van der Waals surface area (Å²) in [5.74, 6) is -0.578. The molecule has 2 aromatic rings. The van der Waals surface area contributed by atoms with Crippen LogP contribution >= 0.6 is 0 Å². The molecule has 0 saturated carbocycles. The Morgan fingerprint density at radius 1 is 1.30 bits per heavy atom. The molecule has 0 aliphatic rings. The van der Waals surface area contributed by atoms with Crippen molar-refractivity contribution < 1.29 is 18.7 Å². The molecule has 1 atom stereocenters. The van der Waals surface area contributed by atoms with Gasteiger partial charge in [0, 0.05) is 12.2 Å². The van der Waals surface area contributed by atoms with Crippen LogP contribution in [0.5, 0.6) is 0 Å². The molecule has 0 saturated heterocycles. The number of methoxy groups -OCH3 is 1. The molecule has 0 aliphatic carbocycles. The van der Waals surface area contributed by atoms with E-state index in [1.807, 2.05) is 39.0 Å². The van der Waals surface area contributed by atoms with Gasteiger partial charge >= 0.3 is 5.97 Å². The topological polar surface area (TPSA) is 81.4 Å². The van der Waals surface area contributed by atoms with E-state index in [-0.39, 0.29) is 0 Å². The number of para-hydroxylation sites is 2. The summed E-state index contributed by atoms with van der Waals surface area (Å²) in [6.07, 6.45) is 2.75. The third-order valence-electron chi connectivity index (χ3n) is 3.28. The molecule has 6 nitrogen and oxygen atoms in total. The van der Waals surface area contributed by atoms with Crippen molar-refractivity contribution in [2.24, 2.45) is 5.41 Å². The average Bonchev–Trinajstić information content (AvgIpc) is 2.91. The summed E-state index contributed by atoms with van der Waals surface area (Å²) in [5, 5.41) is 2.64. The lowest BCUT2D eigenvalue weighted by Crippen LogP contribution is -2.49. The summed E-state index contributed by atoms with van der Waals surface area (Å²) >= 11 is 0. The molecule has 1 N–H and O–H groups in total. The molecule has 0 aliphatic heterocycles. The maximum Gasteiger partial charge on any atom is 0.328 e. The third-order valence-corrected chi connectivity index (χ3v) is 3.28. The molecular formula is C17H20N2O4. The molecule has 23 heavy (non-hydrogen) atoms. The van der Waals surface area contributed by atoms with Gasteiger partial charge in [-0.3, -0.25) is 4.79 Å². The summed E-state index contributed by atoms with van der Waals surface area (Å²) in [4.78, 5) is 28.1. The quantitative estimate of drug-likeness (QED) is 0.692. The van der Waals surface area contributed by atoms with E-state index in [0.29, 0.717) is 11.5 Å². The molecule has 0 unspecified atom stereocenters. The van der Waals surface area contributed by atoms with Gasteiger partial charge in [0.1, 0.15) is 11.6 Å².